The number of Topliss-reactive ketones (excluding diaryl/α,β-unsaturated/α-hetero) is 3. The van der Waals surface area contributed by atoms with E-state index in [4.69, 9.17) is 0 Å². The molecule has 12 heteroatoms. The summed E-state index contributed by atoms with van der Waals surface area (Å²) in [6.07, 6.45) is 1.82. The van der Waals surface area contributed by atoms with Crippen LogP contribution >= 0.6 is 0 Å². The molecule has 2 aliphatic rings. The second-order valence-electron chi connectivity index (χ2n) is 7.51. The molecule has 2 aromatic rings. The number of benzene rings is 1. The highest BCUT2D eigenvalue weighted by Gasteiger charge is 2.30. The molecule has 0 saturated carbocycles. The van der Waals surface area contributed by atoms with Crippen molar-refractivity contribution >= 4 is 58.6 Å². The van der Waals surface area contributed by atoms with E-state index < -0.39 is 48.0 Å². The molecule has 0 unspecified atom stereocenters. The first-order chi connectivity index (χ1) is 16.1. The number of imidazole rings is 1. The van der Waals surface area contributed by atoms with Crippen LogP contribution in [0.3, 0.4) is 0 Å². The molecule has 170 valence electrons. The fourth-order valence-electron chi connectivity index (χ4n) is 3.39. The predicted octanol–water partition coefficient (Wildman–Crippen LogP) is 0.582. The van der Waals surface area contributed by atoms with Gasteiger partial charge in [-0.25, -0.2) is 19.7 Å². The first-order valence-electron chi connectivity index (χ1n) is 10.0. The van der Waals surface area contributed by atoms with Crippen molar-refractivity contribution < 1.29 is 28.8 Å². The minimum atomic E-state index is -0.771. The minimum Gasteiger partial charge on any atom is -0.323 e. The van der Waals surface area contributed by atoms with Gasteiger partial charge < -0.3 is 4.98 Å². The first-order valence-corrected chi connectivity index (χ1v) is 10.0. The van der Waals surface area contributed by atoms with Gasteiger partial charge in [0.2, 0.25) is 17.6 Å². The zero-order valence-corrected chi connectivity index (χ0v) is 18.0. The third-order valence-corrected chi connectivity index (χ3v) is 4.74. The topological polar surface area (TPSA) is 171 Å². The molecular weight excluding hydrogens is 444 g/mol. The largest absolute Gasteiger partial charge is 0.368 e. The molecule has 2 heterocycles. The number of para-hydroxylation sites is 1. The monoisotopic (exact) mass is 460 g/mol. The number of carbonyl (C=O) groups is 6. The number of nitrogens with one attached hydrogen (secondary N) is 1. The Morgan fingerprint density at radius 1 is 1.00 bits per heavy atom. The molecule has 12 nitrogen and oxygen atoms in total. The Kier molecular flexibility index (Phi) is 5.72. The van der Waals surface area contributed by atoms with Gasteiger partial charge in [0.25, 0.3) is 5.91 Å². The van der Waals surface area contributed by atoms with Gasteiger partial charge in [-0.1, -0.05) is 6.07 Å². The van der Waals surface area contributed by atoms with Crippen LogP contribution in [0.2, 0.25) is 0 Å². The van der Waals surface area contributed by atoms with Crippen LogP contribution in [0.5, 0.6) is 0 Å². The SMILES string of the molecule is CC(=O)CC(=O)N=C1C=Cc2[nH]c(N(C(=O)CC(C)=O)c3cccc4c3=NC(=O)N=4)nc2C1=O. The molecular formula is C22H16N6O6. The highest BCUT2D eigenvalue weighted by molar-refractivity contribution is 6.52. The maximum absolute atomic E-state index is 13.0. The summed E-state index contributed by atoms with van der Waals surface area (Å²) in [7, 11) is 0. The van der Waals surface area contributed by atoms with Crippen LogP contribution in [0.1, 0.15) is 42.9 Å². The summed E-state index contributed by atoms with van der Waals surface area (Å²) < 4.78 is 0. The Bertz CT molecular complexity index is 1500. The Balaban J connectivity index is 1.79. The van der Waals surface area contributed by atoms with Gasteiger partial charge in [0.15, 0.2) is 0 Å². The van der Waals surface area contributed by atoms with E-state index in [0.29, 0.717) is 0 Å². The quantitative estimate of drug-likeness (QED) is 0.614. The van der Waals surface area contributed by atoms with Crippen molar-refractivity contribution in [2.45, 2.75) is 26.7 Å². The number of aliphatic imine (C=N–C) groups is 1. The fraction of sp³-hybridized carbons (Fsp3) is 0.182. The zero-order chi connectivity index (χ0) is 24.6. The number of carbonyl (C=O) groups excluding carboxylic acids is 6. The van der Waals surface area contributed by atoms with E-state index in [-0.39, 0.29) is 39.4 Å². The average Bonchev–Trinajstić information content (AvgIpc) is 3.33. The van der Waals surface area contributed by atoms with Gasteiger partial charge >= 0.3 is 6.03 Å². The van der Waals surface area contributed by atoms with E-state index in [0.717, 1.165) is 4.90 Å². The van der Waals surface area contributed by atoms with Crippen LogP contribution in [0, 0.1) is 0 Å². The molecule has 1 aromatic carbocycles. The van der Waals surface area contributed by atoms with Gasteiger partial charge in [-0.05, 0) is 38.1 Å². The molecule has 4 amide bonds. The number of fused-ring (bicyclic) bond motifs is 2. The van der Waals surface area contributed by atoms with Crippen LogP contribution in [-0.4, -0.2) is 50.9 Å². The van der Waals surface area contributed by atoms with Crippen molar-refractivity contribution in [3.63, 3.8) is 0 Å². The number of hydrogen-bond donors (Lipinski definition) is 1. The third kappa shape index (κ3) is 4.28. The maximum atomic E-state index is 13.0. The van der Waals surface area contributed by atoms with Crippen molar-refractivity contribution in [3.05, 3.63) is 46.4 Å². The Morgan fingerprint density at radius 3 is 2.44 bits per heavy atom. The molecule has 1 aliphatic heterocycles. The Morgan fingerprint density at radius 2 is 1.74 bits per heavy atom. The highest BCUT2D eigenvalue weighted by atomic mass is 16.2. The summed E-state index contributed by atoms with van der Waals surface area (Å²) in [5.74, 6) is -3.05. The molecule has 1 N–H and O–H groups in total. The van der Waals surface area contributed by atoms with Gasteiger partial charge in [-0.15, -0.1) is 0 Å². The lowest BCUT2D eigenvalue weighted by Crippen LogP contribution is -2.36. The Labute approximate surface area is 190 Å². The predicted molar refractivity (Wildman–Crippen MR) is 116 cm³/mol. The lowest BCUT2D eigenvalue weighted by Gasteiger charge is -2.19. The van der Waals surface area contributed by atoms with E-state index >= 15 is 0 Å². The number of rotatable bonds is 6. The summed E-state index contributed by atoms with van der Waals surface area (Å²) in [5.41, 5.74) is 0.0615. The van der Waals surface area contributed by atoms with E-state index in [9.17, 15) is 28.8 Å². The van der Waals surface area contributed by atoms with E-state index in [1.165, 1.54) is 32.1 Å². The average molecular weight is 460 g/mol. The summed E-state index contributed by atoms with van der Waals surface area (Å²) >= 11 is 0. The van der Waals surface area contributed by atoms with Gasteiger partial charge in [0, 0.05) is 0 Å². The van der Waals surface area contributed by atoms with Gasteiger partial charge in [-0.2, -0.15) is 9.98 Å². The number of nitrogens with zero attached hydrogens (tertiary/aromatic N) is 5. The molecule has 34 heavy (non-hydrogen) atoms. The number of aromatic nitrogens is 2. The summed E-state index contributed by atoms with van der Waals surface area (Å²) in [4.78, 5) is 91.6. The van der Waals surface area contributed by atoms with Crippen molar-refractivity contribution in [1.29, 1.82) is 0 Å². The van der Waals surface area contributed by atoms with Crippen molar-refractivity contribution in [2.24, 2.45) is 15.0 Å². The molecule has 1 aliphatic carbocycles. The van der Waals surface area contributed by atoms with Gasteiger partial charge in [-0.3, -0.25) is 24.0 Å². The standard InChI is InChI=1S/C22H16N6O6/c1-10(29)8-16(31)23-14-7-6-13-19(20(14)33)26-21(24-13)28(17(32)9-11(2)30)15-5-3-4-12-18(15)27-22(34)25-12/h3-7H,8-9H2,1-2H3,(H,24,26). The van der Waals surface area contributed by atoms with Gasteiger partial charge in [0.1, 0.15) is 28.3 Å². The number of allylic oxidation sites excluding steroid dienone is 1. The number of H-pyrrole nitrogens is 1. The number of anilines is 2. The van der Waals surface area contributed by atoms with Crippen LogP contribution < -0.4 is 15.6 Å². The molecule has 0 atom stereocenters. The number of amides is 4. The smallest absolute Gasteiger partial charge is 0.323 e. The number of ketones is 3. The molecule has 0 spiro atoms. The van der Waals surface area contributed by atoms with E-state index in [1.807, 2.05) is 0 Å². The highest BCUT2D eigenvalue weighted by Crippen LogP contribution is 2.25. The second-order valence-corrected chi connectivity index (χ2v) is 7.51. The molecule has 0 bridgehead atoms. The first kappa shape index (κ1) is 22.5. The van der Waals surface area contributed by atoms with Crippen LogP contribution in [-0.2, 0) is 19.2 Å². The maximum Gasteiger partial charge on any atom is 0.368 e. The molecule has 0 saturated heterocycles. The fourth-order valence-corrected chi connectivity index (χ4v) is 3.39. The summed E-state index contributed by atoms with van der Waals surface area (Å²) in [5, 5.41) is 0.367. The summed E-state index contributed by atoms with van der Waals surface area (Å²) in [6.45, 7) is 2.48. The number of aromatic amines is 1. The molecule has 0 radical (unpaired) electrons. The lowest BCUT2D eigenvalue weighted by atomic mass is 10.0. The van der Waals surface area contributed by atoms with Crippen LogP contribution in [0.15, 0.2) is 39.3 Å². The third-order valence-electron chi connectivity index (χ3n) is 4.74. The van der Waals surface area contributed by atoms with Crippen LogP contribution in [0.25, 0.3) is 6.08 Å². The van der Waals surface area contributed by atoms with Crippen LogP contribution in [0.4, 0.5) is 16.4 Å². The summed E-state index contributed by atoms with van der Waals surface area (Å²) in [6, 6.07) is 3.86. The lowest BCUT2D eigenvalue weighted by molar-refractivity contribution is -0.126. The minimum absolute atomic E-state index is 0.103. The number of urea groups is 1. The van der Waals surface area contributed by atoms with Crippen molar-refractivity contribution in [2.75, 3.05) is 4.90 Å². The van der Waals surface area contributed by atoms with Gasteiger partial charge in [0.05, 0.1) is 29.6 Å². The van der Waals surface area contributed by atoms with E-state index in [1.54, 1.807) is 12.1 Å². The number of hydrogen-bond acceptors (Lipinski definition) is 7. The second kappa shape index (κ2) is 8.65. The van der Waals surface area contributed by atoms with Crippen molar-refractivity contribution in [3.8, 4) is 0 Å². The van der Waals surface area contributed by atoms with Crippen molar-refractivity contribution in [1.82, 2.24) is 9.97 Å². The zero-order valence-electron chi connectivity index (χ0n) is 18.0. The molecule has 0 fully saturated rings. The van der Waals surface area contributed by atoms with E-state index in [2.05, 4.69) is 24.9 Å². The molecule has 4 rings (SSSR count). The molecule has 1 aromatic heterocycles. The Hall–Kier alpha value is -4.74. The normalized spacial score (nSPS) is 14.8.